The van der Waals surface area contributed by atoms with E-state index in [1.54, 1.807) is 0 Å². The van der Waals surface area contributed by atoms with Gasteiger partial charge in [-0.2, -0.15) is 0 Å². The summed E-state index contributed by atoms with van der Waals surface area (Å²) in [7, 11) is 0. The van der Waals surface area contributed by atoms with Gasteiger partial charge >= 0.3 is 0 Å². The van der Waals surface area contributed by atoms with Crippen LogP contribution in [0.5, 0.6) is 0 Å². The van der Waals surface area contributed by atoms with Gasteiger partial charge in [0.2, 0.25) is 5.91 Å². The molecule has 1 saturated heterocycles. The first-order chi connectivity index (χ1) is 7.20. The Bertz CT molecular complexity index is 223. The Hall–Kier alpha value is -0.350. The lowest BCUT2D eigenvalue weighted by atomic mass is 10.2. The number of rotatable bonds is 4. The van der Waals surface area contributed by atoms with Gasteiger partial charge in [0.15, 0.2) is 0 Å². The van der Waals surface area contributed by atoms with Crippen LogP contribution in [0.25, 0.3) is 0 Å². The third-order valence-electron chi connectivity index (χ3n) is 2.55. The smallest absolute Gasteiger partial charge is 0.236 e. The second-order valence-electron chi connectivity index (χ2n) is 3.92. The topological polar surface area (TPSA) is 32.3 Å². The second-order valence-corrected chi connectivity index (χ2v) is 5.04. The number of hydrogen-bond acceptors (Lipinski definition) is 2. The van der Waals surface area contributed by atoms with Crippen molar-refractivity contribution < 1.29 is 4.79 Å². The molecule has 0 bridgehead atoms. The number of nitrogens with one attached hydrogen (secondary N) is 1. The maximum atomic E-state index is 11.8. The van der Waals surface area contributed by atoms with Crippen molar-refractivity contribution >= 4 is 21.8 Å². The van der Waals surface area contributed by atoms with E-state index in [1.807, 2.05) is 4.90 Å². The van der Waals surface area contributed by atoms with E-state index in [0.29, 0.717) is 13.1 Å². The first-order valence-electron chi connectivity index (χ1n) is 5.52. The summed E-state index contributed by atoms with van der Waals surface area (Å²) in [5, 5.41) is 3.06. The summed E-state index contributed by atoms with van der Waals surface area (Å²) in [6, 6.07) is 0. The molecule has 0 aromatic rings. The Morgan fingerprint density at radius 1 is 1.20 bits per heavy atom. The third-order valence-corrected chi connectivity index (χ3v) is 2.83. The molecule has 3 nitrogen and oxygen atoms in total. The van der Waals surface area contributed by atoms with Crippen LogP contribution in [0.2, 0.25) is 0 Å². The number of carbonyl (C=O) groups excluding carboxylic acids is 1. The van der Waals surface area contributed by atoms with Gasteiger partial charge in [-0.25, -0.2) is 0 Å². The molecule has 1 fully saturated rings. The molecule has 0 spiro atoms. The average molecular weight is 275 g/mol. The van der Waals surface area contributed by atoms with Crippen molar-refractivity contribution in [1.82, 2.24) is 10.2 Å². The van der Waals surface area contributed by atoms with Crippen LogP contribution in [-0.2, 0) is 4.79 Å². The Morgan fingerprint density at radius 3 is 2.33 bits per heavy atom. The van der Waals surface area contributed by atoms with Crippen LogP contribution in [0, 0.1) is 0 Å². The Labute approximate surface area is 100 Å². The zero-order chi connectivity index (χ0) is 11.1. The van der Waals surface area contributed by atoms with Crippen LogP contribution in [0.3, 0.4) is 0 Å². The zero-order valence-electron chi connectivity index (χ0n) is 9.10. The van der Waals surface area contributed by atoms with Crippen molar-refractivity contribution in [2.75, 3.05) is 26.2 Å². The van der Waals surface area contributed by atoms with Gasteiger partial charge in [0.05, 0.1) is 6.54 Å². The lowest BCUT2D eigenvalue weighted by Gasteiger charge is -2.20. The predicted octanol–water partition coefficient (Wildman–Crippen LogP) is 1.89. The normalized spacial score (nSPS) is 17.3. The molecule has 86 valence electrons. The Balaban J connectivity index is 2.22. The number of halogens is 1. The van der Waals surface area contributed by atoms with Crippen LogP contribution >= 0.6 is 15.9 Å². The van der Waals surface area contributed by atoms with Crippen molar-refractivity contribution in [2.45, 2.75) is 25.7 Å². The minimum atomic E-state index is 0.214. The van der Waals surface area contributed by atoms with E-state index in [9.17, 15) is 4.79 Å². The monoisotopic (exact) mass is 274 g/mol. The van der Waals surface area contributed by atoms with Gasteiger partial charge < -0.3 is 10.2 Å². The minimum Gasteiger partial charge on any atom is -0.342 e. The molecule has 1 aliphatic rings. The molecule has 15 heavy (non-hydrogen) atoms. The molecule has 1 heterocycles. The van der Waals surface area contributed by atoms with Gasteiger partial charge in [0.1, 0.15) is 0 Å². The fraction of sp³-hybridized carbons (Fsp3) is 0.727. The highest BCUT2D eigenvalue weighted by molar-refractivity contribution is 9.11. The van der Waals surface area contributed by atoms with Gasteiger partial charge in [-0.15, -0.1) is 0 Å². The maximum Gasteiger partial charge on any atom is 0.236 e. The number of hydrogen-bond donors (Lipinski definition) is 1. The number of carbonyl (C=O) groups is 1. The molecule has 1 N–H and O–H groups in total. The summed E-state index contributed by atoms with van der Waals surface area (Å²) >= 11 is 3.25. The Morgan fingerprint density at radius 2 is 1.80 bits per heavy atom. The lowest BCUT2D eigenvalue weighted by Crippen LogP contribution is -2.39. The van der Waals surface area contributed by atoms with Crippen molar-refractivity contribution in [3.63, 3.8) is 0 Å². The molecule has 1 amide bonds. The van der Waals surface area contributed by atoms with E-state index < -0.39 is 0 Å². The van der Waals surface area contributed by atoms with Crippen LogP contribution in [0.15, 0.2) is 11.1 Å². The van der Waals surface area contributed by atoms with E-state index in [0.717, 1.165) is 30.4 Å². The fourth-order valence-electron chi connectivity index (χ4n) is 1.74. The Kier molecular flexibility index (Phi) is 5.95. The molecule has 0 saturated carbocycles. The summed E-state index contributed by atoms with van der Waals surface area (Å²) in [6.45, 7) is 6.64. The van der Waals surface area contributed by atoms with E-state index >= 15 is 0 Å². The van der Waals surface area contributed by atoms with Crippen molar-refractivity contribution in [1.29, 1.82) is 0 Å². The van der Waals surface area contributed by atoms with Crippen molar-refractivity contribution in [2.24, 2.45) is 0 Å². The van der Waals surface area contributed by atoms with Gasteiger partial charge in [-0.05, 0) is 12.8 Å². The van der Waals surface area contributed by atoms with Crippen LogP contribution in [0.1, 0.15) is 25.7 Å². The fourth-order valence-corrected chi connectivity index (χ4v) is 1.94. The largest absolute Gasteiger partial charge is 0.342 e. The number of nitrogens with zero attached hydrogens (tertiary/aromatic N) is 1. The van der Waals surface area contributed by atoms with Gasteiger partial charge in [0, 0.05) is 24.1 Å². The molecular weight excluding hydrogens is 256 g/mol. The molecule has 0 radical (unpaired) electrons. The molecule has 0 aromatic carbocycles. The van der Waals surface area contributed by atoms with E-state index in [4.69, 9.17) is 0 Å². The number of likely N-dealkylation sites (tertiary alicyclic amines) is 1. The molecular formula is C11H19BrN2O. The highest BCUT2D eigenvalue weighted by atomic mass is 79.9. The molecule has 0 atom stereocenters. The van der Waals surface area contributed by atoms with Crippen LogP contribution in [-0.4, -0.2) is 37.0 Å². The first kappa shape index (κ1) is 12.7. The third kappa shape index (κ3) is 5.33. The highest BCUT2D eigenvalue weighted by Gasteiger charge is 2.14. The summed E-state index contributed by atoms with van der Waals surface area (Å²) in [4.78, 5) is 13.7. The summed E-state index contributed by atoms with van der Waals surface area (Å²) in [5.41, 5.74) is 0. The van der Waals surface area contributed by atoms with E-state index in [-0.39, 0.29) is 5.91 Å². The summed E-state index contributed by atoms with van der Waals surface area (Å²) in [6.07, 6.45) is 4.82. The van der Waals surface area contributed by atoms with Crippen LogP contribution in [0.4, 0.5) is 0 Å². The summed E-state index contributed by atoms with van der Waals surface area (Å²) in [5.74, 6) is 0.214. The van der Waals surface area contributed by atoms with Gasteiger partial charge in [0.25, 0.3) is 0 Å². The van der Waals surface area contributed by atoms with E-state index in [1.165, 1.54) is 12.8 Å². The van der Waals surface area contributed by atoms with Gasteiger partial charge in [-0.1, -0.05) is 35.4 Å². The van der Waals surface area contributed by atoms with E-state index in [2.05, 4.69) is 27.8 Å². The SMILES string of the molecule is C=C(Br)CNCC(=O)N1CCCCCC1. The van der Waals surface area contributed by atoms with Gasteiger partial charge in [-0.3, -0.25) is 4.79 Å². The molecule has 1 rings (SSSR count). The highest BCUT2D eigenvalue weighted by Crippen LogP contribution is 2.09. The molecule has 0 unspecified atom stereocenters. The molecule has 0 aromatic heterocycles. The standard InChI is InChI=1S/C11H19BrN2O/c1-10(12)8-13-9-11(15)14-6-4-2-3-5-7-14/h13H,1-9H2. The minimum absolute atomic E-state index is 0.214. The van der Waals surface area contributed by atoms with Crippen molar-refractivity contribution in [3.05, 3.63) is 11.1 Å². The molecule has 4 heteroatoms. The quantitative estimate of drug-likeness (QED) is 0.849. The maximum absolute atomic E-state index is 11.8. The second kappa shape index (κ2) is 7.01. The first-order valence-corrected chi connectivity index (χ1v) is 6.31. The predicted molar refractivity (Wildman–Crippen MR) is 66.0 cm³/mol. The average Bonchev–Trinajstić information content (AvgIpc) is 2.44. The lowest BCUT2D eigenvalue weighted by molar-refractivity contribution is -0.130. The zero-order valence-corrected chi connectivity index (χ0v) is 10.7. The van der Waals surface area contributed by atoms with Crippen molar-refractivity contribution in [3.8, 4) is 0 Å². The summed E-state index contributed by atoms with van der Waals surface area (Å²) < 4.78 is 0.881. The molecule has 1 aliphatic heterocycles. The molecule has 0 aliphatic carbocycles. The number of amides is 1. The van der Waals surface area contributed by atoms with Crippen LogP contribution < -0.4 is 5.32 Å².